The van der Waals surface area contributed by atoms with Crippen LogP contribution in [0.25, 0.3) is 10.8 Å². The summed E-state index contributed by atoms with van der Waals surface area (Å²) in [5.41, 5.74) is 0.880. The van der Waals surface area contributed by atoms with Gasteiger partial charge in [-0.05, 0) is 72.1 Å². The minimum Gasteiger partial charge on any atom is -0.490 e. The van der Waals surface area contributed by atoms with E-state index >= 15 is 0 Å². The first-order valence-electron chi connectivity index (χ1n) is 10.5. The number of halogens is 2. The van der Waals surface area contributed by atoms with Crippen LogP contribution in [0, 0.1) is 11.3 Å². The maximum absolute atomic E-state index is 13.5. The van der Waals surface area contributed by atoms with Crippen LogP contribution in [0.15, 0.2) is 36.4 Å². The van der Waals surface area contributed by atoms with E-state index in [2.05, 4.69) is 20.8 Å². The van der Waals surface area contributed by atoms with Gasteiger partial charge in [0.1, 0.15) is 5.75 Å². The first-order chi connectivity index (χ1) is 14.0. The molecule has 30 heavy (non-hydrogen) atoms. The van der Waals surface area contributed by atoms with E-state index in [1.54, 1.807) is 12.1 Å². The molecule has 1 aliphatic carbocycles. The Balaban J connectivity index is 1.66. The number of carbonyl (C=O) groups is 1. The maximum atomic E-state index is 13.5. The van der Waals surface area contributed by atoms with Gasteiger partial charge in [0.05, 0.1) is 12.6 Å². The number of hydrogen-bond donors (Lipinski definition) is 1. The molecule has 6 heteroatoms. The van der Waals surface area contributed by atoms with Gasteiger partial charge in [-0.15, -0.1) is 0 Å². The molecule has 1 saturated carbocycles. The normalized spacial score (nSPS) is 20.2. The van der Waals surface area contributed by atoms with Crippen molar-refractivity contribution in [2.24, 2.45) is 11.3 Å². The van der Waals surface area contributed by atoms with E-state index in [1.807, 2.05) is 24.3 Å². The molecule has 0 heterocycles. The molecule has 0 aliphatic heterocycles. The quantitative estimate of drug-likeness (QED) is 0.626. The Bertz CT molecular complexity index is 899. The van der Waals surface area contributed by atoms with Crippen molar-refractivity contribution in [2.45, 2.75) is 58.5 Å². The first-order valence-corrected chi connectivity index (χ1v) is 10.5. The van der Waals surface area contributed by atoms with Gasteiger partial charge in [0.15, 0.2) is 0 Å². The molecule has 0 atom stereocenters. The van der Waals surface area contributed by atoms with Crippen molar-refractivity contribution in [1.82, 2.24) is 0 Å². The highest BCUT2D eigenvalue weighted by molar-refractivity contribution is 5.87. The standard InChI is InChI=1S/C24H31F2NO3/c1-23(2,3)18-7-11-20(12-8-18)30-21-10-6-16-13-19(9-5-17(16)14-21)27(4)15-24(25,26)22(28)29/h5-6,9-10,13-14,18,20H,7-8,11-12,15H2,1-4H3,(H,28,29). The van der Waals surface area contributed by atoms with E-state index in [0.29, 0.717) is 11.1 Å². The minimum atomic E-state index is -3.80. The van der Waals surface area contributed by atoms with Gasteiger partial charge in [-0.2, -0.15) is 8.78 Å². The summed E-state index contributed by atoms with van der Waals surface area (Å²) in [7, 11) is 1.46. The second-order valence-electron chi connectivity index (χ2n) is 9.52. The number of alkyl halides is 2. The summed E-state index contributed by atoms with van der Waals surface area (Å²) >= 11 is 0. The highest BCUT2D eigenvalue weighted by Gasteiger charge is 2.40. The van der Waals surface area contributed by atoms with Crippen molar-refractivity contribution in [3.8, 4) is 5.75 Å². The van der Waals surface area contributed by atoms with Gasteiger partial charge in [-0.1, -0.05) is 32.9 Å². The molecule has 2 aromatic rings. The number of rotatable bonds is 6. The number of fused-ring (bicyclic) bond motifs is 1. The van der Waals surface area contributed by atoms with Gasteiger partial charge in [0, 0.05) is 12.7 Å². The molecular formula is C24H31F2NO3. The smallest absolute Gasteiger partial charge is 0.376 e. The Morgan fingerprint density at radius 2 is 1.67 bits per heavy atom. The molecule has 0 spiro atoms. The number of ether oxygens (including phenoxy) is 1. The number of benzene rings is 2. The summed E-state index contributed by atoms with van der Waals surface area (Å²) in [5, 5.41) is 10.5. The summed E-state index contributed by atoms with van der Waals surface area (Å²) in [5.74, 6) is -4.36. The van der Waals surface area contributed by atoms with Gasteiger partial charge in [0.2, 0.25) is 0 Å². The molecule has 1 fully saturated rings. The zero-order valence-corrected chi connectivity index (χ0v) is 18.1. The lowest BCUT2D eigenvalue weighted by Gasteiger charge is -2.37. The summed E-state index contributed by atoms with van der Waals surface area (Å²) in [4.78, 5) is 11.9. The van der Waals surface area contributed by atoms with Crippen molar-refractivity contribution in [3.05, 3.63) is 36.4 Å². The van der Waals surface area contributed by atoms with Crippen LogP contribution < -0.4 is 9.64 Å². The summed E-state index contributed by atoms with van der Waals surface area (Å²) < 4.78 is 33.2. The molecule has 0 saturated heterocycles. The predicted octanol–water partition coefficient (Wildman–Crippen LogP) is 5.98. The molecule has 164 valence electrons. The lowest BCUT2D eigenvalue weighted by molar-refractivity contribution is -0.163. The van der Waals surface area contributed by atoms with E-state index < -0.39 is 18.4 Å². The van der Waals surface area contributed by atoms with E-state index in [1.165, 1.54) is 24.8 Å². The van der Waals surface area contributed by atoms with Crippen LogP contribution >= 0.6 is 0 Å². The third-order valence-electron chi connectivity index (χ3n) is 6.19. The van der Waals surface area contributed by atoms with Gasteiger partial charge in [-0.3, -0.25) is 0 Å². The van der Waals surface area contributed by atoms with Crippen LogP contribution in [0.2, 0.25) is 0 Å². The molecule has 0 unspecified atom stereocenters. The fraction of sp³-hybridized carbons (Fsp3) is 0.542. The lowest BCUT2D eigenvalue weighted by Crippen LogP contribution is -2.40. The van der Waals surface area contributed by atoms with Gasteiger partial charge in [0.25, 0.3) is 0 Å². The molecule has 0 aromatic heterocycles. The first kappa shape index (κ1) is 22.3. The van der Waals surface area contributed by atoms with Crippen LogP contribution in [-0.2, 0) is 4.79 Å². The van der Waals surface area contributed by atoms with Crippen molar-refractivity contribution < 1.29 is 23.4 Å². The largest absolute Gasteiger partial charge is 0.490 e. The molecule has 1 N–H and O–H groups in total. The highest BCUT2D eigenvalue weighted by atomic mass is 19.3. The number of aliphatic carboxylic acids is 1. The van der Waals surface area contributed by atoms with Gasteiger partial charge < -0.3 is 14.7 Å². The Morgan fingerprint density at radius 3 is 2.27 bits per heavy atom. The Morgan fingerprint density at radius 1 is 1.07 bits per heavy atom. The summed E-state index contributed by atoms with van der Waals surface area (Å²) in [6.07, 6.45) is 4.70. The van der Waals surface area contributed by atoms with Crippen molar-refractivity contribution in [1.29, 1.82) is 0 Å². The van der Waals surface area contributed by atoms with Crippen LogP contribution in [0.1, 0.15) is 46.5 Å². The molecule has 0 bridgehead atoms. The van der Waals surface area contributed by atoms with Crippen molar-refractivity contribution >= 4 is 22.4 Å². The fourth-order valence-corrected chi connectivity index (χ4v) is 4.22. The predicted molar refractivity (Wildman–Crippen MR) is 116 cm³/mol. The zero-order chi connectivity index (χ0) is 22.1. The number of anilines is 1. The number of carboxylic acid groups (broad SMARTS) is 1. The topological polar surface area (TPSA) is 49.8 Å². The second kappa shape index (κ2) is 8.40. The van der Waals surface area contributed by atoms with Crippen LogP contribution in [0.3, 0.4) is 0 Å². The third kappa shape index (κ3) is 5.21. The minimum absolute atomic E-state index is 0.227. The van der Waals surface area contributed by atoms with Crippen molar-refractivity contribution in [3.63, 3.8) is 0 Å². The Labute approximate surface area is 176 Å². The molecule has 4 nitrogen and oxygen atoms in total. The van der Waals surface area contributed by atoms with E-state index in [4.69, 9.17) is 9.84 Å². The van der Waals surface area contributed by atoms with Crippen LogP contribution in [-0.4, -0.2) is 36.7 Å². The Hall–Kier alpha value is -2.37. The number of carboxylic acids is 1. The molecule has 1 aliphatic rings. The van der Waals surface area contributed by atoms with Gasteiger partial charge >= 0.3 is 11.9 Å². The summed E-state index contributed by atoms with van der Waals surface area (Å²) in [6.45, 7) is 6.02. The third-order valence-corrected chi connectivity index (χ3v) is 6.19. The second-order valence-corrected chi connectivity index (χ2v) is 9.52. The van der Waals surface area contributed by atoms with Gasteiger partial charge in [-0.25, -0.2) is 4.79 Å². The molecule has 2 aromatic carbocycles. The Kier molecular flexibility index (Phi) is 6.25. The fourth-order valence-electron chi connectivity index (χ4n) is 4.22. The zero-order valence-electron chi connectivity index (χ0n) is 18.1. The molecule has 0 amide bonds. The molecular weight excluding hydrogens is 388 g/mol. The maximum Gasteiger partial charge on any atom is 0.376 e. The average Bonchev–Trinajstić information content (AvgIpc) is 2.66. The molecule has 3 rings (SSSR count). The SMILES string of the molecule is CN(CC(F)(F)C(=O)O)c1ccc2cc(OC3CCC(C(C)(C)C)CC3)ccc2c1. The van der Waals surface area contributed by atoms with Crippen LogP contribution in [0.4, 0.5) is 14.5 Å². The van der Waals surface area contributed by atoms with Crippen molar-refractivity contribution in [2.75, 3.05) is 18.5 Å². The highest BCUT2D eigenvalue weighted by Crippen LogP contribution is 2.39. The lowest BCUT2D eigenvalue weighted by atomic mass is 9.72. The summed E-state index contributed by atoms with van der Waals surface area (Å²) in [6, 6.07) is 11.2. The van der Waals surface area contributed by atoms with Crippen LogP contribution in [0.5, 0.6) is 5.75 Å². The monoisotopic (exact) mass is 419 g/mol. The van der Waals surface area contributed by atoms with E-state index in [-0.39, 0.29) is 6.10 Å². The molecule has 0 radical (unpaired) electrons. The number of nitrogens with zero attached hydrogens (tertiary/aromatic N) is 1. The number of hydrogen-bond acceptors (Lipinski definition) is 3. The van der Waals surface area contributed by atoms with E-state index in [0.717, 1.165) is 35.3 Å². The average molecular weight is 420 g/mol. The van der Waals surface area contributed by atoms with E-state index in [9.17, 15) is 13.6 Å².